The number of methoxy groups -OCH3 is 3. The van der Waals surface area contributed by atoms with Crippen LogP contribution in [0.2, 0.25) is 0 Å². The molecule has 1 amide bonds. The number of benzene rings is 1. The van der Waals surface area contributed by atoms with E-state index in [-0.39, 0.29) is 29.3 Å². The Bertz CT molecular complexity index is 1290. The smallest absolute Gasteiger partial charge is 0.225 e. The number of pyridine rings is 2. The first-order valence-corrected chi connectivity index (χ1v) is 11.2. The predicted octanol–water partition coefficient (Wildman–Crippen LogP) is 3.62. The molecule has 0 aliphatic rings. The number of nitriles is 2. The van der Waals surface area contributed by atoms with Gasteiger partial charge in [-0.05, 0) is 29.8 Å². The van der Waals surface area contributed by atoms with Gasteiger partial charge < -0.3 is 25.3 Å². The van der Waals surface area contributed by atoms with Crippen molar-refractivity contribution in [2.75, 3.05) is 38.1 Å². The van der Waals surface area contributed by atoms with Crippen molar-refractivity contribution in [3.05, 3.63) is 47.8 Å². The standard InChI is InChI=1S/C24H22N6O4S/c1-32-18-10-14(11-19(33-2)22(18)34-3)21-16(12-25)23(27)30-24(17(21)13-26)35-9-6-20(31)29-15-4-7-28-8-5-15/h4-5,7-8,10-11H,6,9H2,1-3H3,(H2,27,30)(H,28,29,31). The molecule has 0 saturated carbocycles. The molecule has 0 atom stereocenters. The number of anilines is 2. The fourth-order valence-electron chi connectivity index (χ4n) is 3.32. The lowest BCUT2D eigenvalue weighted by atomic mass is 9.96. The summed E-state index contributed by atoms with van der Waals surface area (Å²) in [5.74, 6) is 1.18. The lowest BCUT2D eigenvalue weighted by Gasteiger charge is -2.17. The molecule has 3 N–H and O–H groups in total. The molecule has 2 heterocycles. The van der Waals surface area contributed by atoms with Crippen LogP contribution >= 0.6 is 11.8 Å². The lowest BCUT2D eigenvalue weighted by molar-refractivity contribution is -0.115. The normalized spacial score (nSPS) is 10.1. The predicted molar refractivity (Wildman–Crippen MR) is 131 cm³/mol. The molecule has 10 nitrogen and oxygen atoms in total. The number of nitrogen functional groups attached to an aromatic ring is 1. The number of nitrogens with one attached hydrogen (secondary N) is 1. The van der Waals surface area contributed by atoms with Gasteiger partial charge in [0.15, 0.2) is 11.5 Å². The molecule has 1 aromatic carbocycles. The number of hydrogen-bond acceptors (Lipinski definition) is 10. The Morgan fingerprint density at radius 1 is 1.06 bits per heavy atom. The van der Waals surface area contributed by atoms with Crippen molar-refractivity contribution >= 4 is 29.2 Å². The van der Waals surface area contributed by atoms with Gasteiger partial charge in [0.05, 0.1) is 26.9 Å². The Morgan fingerprint density at radius 3 is 2.23 bits per heavy atom. The molecule has 0 unspecified atom stereocenters. The van der Waals surface area contributed by atoms with Gasteiger partial charge in [0.1, 0.15) is 28.5 Å². The summed E-state index contributed by atoms with van der Waals surface area (Å²) in [6, 6.07) is 10.8. The highest BCUT2D eigenvalue weighted by Gasteiger charge is 2.23. The zero-order valence-electron chi connectivity index (χ0n) is 19.3. The molecule has 0 saturated heterocycles. The Hall–Kier alpha value is -4.48. The minimum absolute atomic E-state index is 0.0287. The topological polar surface area (TPSA) is 156 Å². The Morgan fingerprint density at radius 2 is 1.69 bits per heavy atom. The first-order valence-electron chi connectivity index (χ1n) is 10.2. The molecule has 0 aliphatic heterocycles. The number of hydrogen-bond donors (Lipinski definition) is 2. The van der Waals surface area contributed by atoms with E-state index in [2.05, 4.69) is 21.4 Å². The van der Waals surface area contributed by atoms with Gasteiger partial charge in [-0.2, -0.15) is 10.5 Å². The highest BCUT2D eigenvalue weighted by molar-refractivity contribution is 7.99. The van der Waals surface area contributed by atoms with E-state index in [1.165, 1.54) is 33.1 Å². The van der Waals surface area contributed by atoms with Crippen LogP contribution < -0.4 is 25.3 Å². The van der Waals surface area contributed by atoms with E-state index >= 15 is 0 Å². The molecular weight excluding hydrogens is 468 g/mol. The molecule has 11 heteroatoms. The van der Waals surface area contributed by atoms with Gasteiger partial charge >= 0.3 is 0 Å². The van der Waals surface area contributed by atoms with Crippen molar-refractivity contribution < 1.29 is 19.0 Å². The molecule has 0 fully saturated rings. The number of aromatic nitrogens is 2. The Balaban J connectivity index is 1.97. The SMILES string of the molecule is COc1cc(-c2c(C#N)c(N)nc(SCCC(=O)Nc3ccncc3)c2C#N)cc(OC)c1OC. The van der Waals surface area contributed by atoms with Crippen molar-refractivity contribution in [3.8, 4) is 40.5 Å². The van der Waals surface area contributed by atoms with Gasteiger partial charge in [0.2, 0.25) is 11.7 Å². The van der Waals surface area contributed by atoms with Crippen molar-refractivity contribution in [1.82, 2.24) is 9.97 Å². The second kappa shape index (κ2) is 11.6. The maximum atomic E-state index is 12.3. The lowest BCUT2D eigenvalue weighted by Crippen LogP contribution is -2.12. The molecule has 3 rings (SSSR count). The second-order valence-electron chi connectivity index (χ2n) is 6.95. The number of nitrogens with two attached hydrogens (primary N) is 1. The van der Waals surface area contributed by atoms with E-state index < -0.39 is 0 Å². The largest absolute Gasteiger partial charge is 0.493 e. The third-order valence-corrected chi connectivity index (χ3v) is 5.88. The molecule has 0 aliphatic carbocycles. The first kappa shape index (κ1) is 25.1. The van der Waals surface area contributed by atoms with Crippen LogP contribution in [0, 0.1) is 22.7 Å². The van der Waals surface area contributed by atoms with E-state index in [0.29, 0.717) is 44.8 Å². The van der Waals surface area contributed by atoms with Gasteiger partial charge in [0, 0.05) is 35.8 Å². The van der Waals surface area contributed by atoms with Crippen LogP contribution in [0.4, 0.5) is 11.5 Å². The summed E-state index contributed by atoms with van der Waals surface area (Å²) in [6.45, 7) is 0. The van der Waals surface area contributed by atoms with E-state index in [4.69, 9.17) is 19.9 Å². The highest BCUT2D eigenvalue weighted by Crippen LogP contribution is 2.44. The van der Waals surface area contributed by atoms with Crippen LogP contribution in [0.5, 0.6) is 17.2 Å². The Labute approximate surface area is 206 Å². The van der Waals surface area contributed by atoms with Crippen LogP contribution in [0.15, 0.2) is 41.7 Å². The van der Waals surface area contributed by atoms with Gasteiger partial charge in [-0.3, -0.25) is 9.78 Å². The number of nitrogens with zero attached hydrogens (tertiary/aromatic N) is 4. The summed E-state index contributed by atoms with van der Waals surface area (Å²) in [7, 11) is 4.42. The third kappa shape index (κ3) is 5.54. The molecule has 35 heavy (non-hydrogen) atoms. The summed E-state index contributed by atoms with van der Waals surface area (Å²) in [5.41, 5.74) is 7.71. The summed E-state index contributed by atoms with van der Waals surface area (Å²) < 4.78 is 16.2. The molecule has 0 radical (unpaired) electrons. The van der Waals surface area contributed by atoms with E-state index in [1.807, 2.05) is 6.07 Å². The number of thioether (sulfide) groups is 1. The molecular formula is C24H22N6O4S. The maximum Gasteiger partial charge on any atom is 0.225 e. The number of amides is 1. The summed E-state index contributed by atoms with van der Waals surface area (Å²) in [5, 5.41) is 22.9. The zero-order chi connectivity index (χ0) is 25.4. The van der Waals surface area contributed by atoms with Gasteiger partial charge in [-0.1, -0.05) is 0 Å². The summed E-state index contributed by atoms with van der Waals surface area (Å²) in [6.07, 6.45) is 3.33. The molecule has 178 valence electrons. The number of rotatable bonds is 9. The molecule has 0 spiro atoms. The van der Waals surface area contributed by atoms with Crippen molar-refractivity contribution in [1.29, 1.82) is 10.5 Å². The number of carbonyl (C=O) groups is 1. The second-order valence-corrected chi connectivity index (χ2v) is 8.03. The monoisotopic (exact) mass is 490 g/mol. The average molecular weight is 491 g/mol. The summed E-state index contributed by atoms with van der Waals surface area (Å²) >= 11 is 1.20. The maximum absolute atomic E-state index is 12.3. The first-order chi connectivity index (χ1) is 17.0. The van der Waals surface area contributed by atoms with Crippen molar-refractivity contribution in [2.24, 2.45) is 0 Å². The van der Waals surface area contributed by atoms with Crippen molar-refractivity contribution in [3.63, 3.8) is 0 Å². The Kier molecular flexibility index (Phi) is 8.33. The van der Waals surface area contributed by atoms with Gasteiger partial charge in [-0.25, -0.2) is 4.98 Å². The highest BCUT2D eigenvalue weighted by atomic mass is 32.2. The van der Waals surface area contributed by atoms with E-state index in [9.17, 15) is 15.3 Å². The molecule has 2 aromatic heterocycles. The fourth-order valence-corrected chi connectivity index (χ4v) is 4.25. The molecule has 3 aromatic rings. The fraction of sp³-hybridized carbons (Fsp3) is 0.208. The number of ether oxygens (including phenoxy) is 3. The van der Waals surface area contributed by atoms with Crippen molar-refractivity contribution in [2.45, 2.75) is 11.4 Å². The van der Waals surface area contributed by atoms with E-state index in [1.54, 1.807) is 36.7 Å². The van der Waals surface area contributed by atoms with E-state index in [0.717, 1.165) is 0 Å². The van der Waals surface area contributed by atoms with Crippen LogP contribution in [0.25, 0.3) is 11.1 Å². The van der Waals surface area contributed by atoms with Gasteiger partial charge in [-0.15, -0.1) is 11.8 Å². The average Bonchev–Trinajstić information content (AvgIpc) is 2.87. The van der Waals surface area contributed by atoms with Crippen LogP contribution in [-0.2, 0) is 4.79 Å². The summed E-state index contributed by atoms with van der Waals surface area (Å²) in [4.78, 5) is 20.5. The number of carbonyl (C=O) groups excluding carboxylic acids is 1. The minimum atomic E-state index is -0.200. The quantitative estimate of drug-likeness (QED) is 0.425. The van der Waals surface area contributed by atoms with Crippen LogP contribution in [-0.4, -0.2) is 43.0 Å². The van der Waals surface area contributed by atoms with Crippen LogP contribution in [0.1, 0.15) is 17.5 Å². The minimum Gasteiger partial charge on any atom is -0.493 e. The zero-order valence-corrected chi connectivity index (χ0v) is 20.1. The van der Waals surface area contributed by atoms with Crippen LogP contribution in [0.3, 0.4) is 0 Å². The third-order valence-electron chi connectivity index (χ3n) is 4.90. The van der Waals surface area contributed by atoms with Gasteiger partial charge in [0.25, 0.3) is 0 Å². The molecule has 0 bridgehead atoms.